The highest BCUT2D eigenvalue weighted by atomic mass is 79.9. The highest BCUT2D eigenvalue weighted by Crippen LogP contribution is 2.11. The van der Waals surface area contributed by atoms with Crippen LogP contribution in [0.4, 0.5) is 0 Å². The van der Waals surface area contributed by atoms with Crippen LogP contribution in [0.3, 0.4) is 0 Å². The number of hydrogen-bond acceptors (Lipinski definition) is 3. The van der Waals surface area contributed by atoms with Crippen molar-refractivity contribution in [3.05, 3.63) is 34.3 Å². The molecule has 0 aromatic heterocycles. The summed E-state index contributed by atoms with van der Waals surface area (Å²) in [6.07, 6.45) is 0.539. The zero-order chi connectivity index (χ0) is 12.1. The van der Waals surface area contributed by atoms with Crippen molar-refractivity contribution in [1.29, 1.82) is 0 Å². The van der Waals surface area contributed by atoms with Crippen LogP contribution >= 0.6 is 15.9 Å². The van der Waals surface area contributed by atoms with Gasteiger partial charge in [-0.3, -0.25) is 9.69 Å². The first-order chi connectivity index (χ1) is 8.24. The highest BCUT2D eigenvalue weighted by Gasteiger charge is 2.13. The summed E-state index contributed by atoms with van der Waals surface area (Å²) < 4.78 is 1.05. The number of nitrogens with one attached hydrogen (secondary N) is 1. The molecule has 1 aromatic carbocycles. The Bertz CT molecular complexity index is 372. The number of carbonyl (C=O) groups excluding carboxylic acids is 1. The first-order valence-electron chi connectivity index (χ1n) is 5.93. The molecule has 1 aliphatic heterocycles. The van der Waals surface area contributed by atoms with Crippen molar-refractivity contribution in [3.8, 4) is 0 Å². The minimum atomic E-state index is 0.300. The van der Waals surface area contributed by atoms with Gasteiger partial charge in [-0.05, 0) is 17.7 Å². The van der Waals surface area contributed by atoms with Gasteiger partial charge in [0.2, 0.25) is 0 Å². The molecule has 0 spiro atoms. The molecule has 92 valence electrons. The average molecular weight is 297 g/mol. The van der Waals surface area contributed by atoms with Gasteiger partial charge < -0.3 is 5.32 Å². The number of benzene rings is 1. The van der Waals surface area contributed by atoms with Crippen molar-refractivity contribution in [2.75, 3.05) is 32.7 Å². The molecule has 1 fully saturated rings. The lowest BCUT2D eigenvalue weighted by Gasteiger charge is -2.26. The molecule has 4 heteroatoms. The van der Waals surface area contributed by atoms with E-state index in [4.69, 9.17) is 0 Å². The first-order valence-corrected chi connectivity index (χ1v) is 6.72. The van der Waals surface area contributed by atoms with E-state index in [1.165, 1.54) is 0 Å². The number of nitrogens with zero attached hydrogens (tertiary/aromatic N) is 1. The predicted molar refractivity (Wildman–Crippen MR) is 72.2 cm³/mol. The number of piperazine rings is 1. The van der Waals surface area contributed by atoms with Crippen LogP contribution in [0.5, 0.6) is 0 Å². The van der Waals surface area contributed by atoms with Crippen molar-refractivity contribution < 1.29 is 4.79 Å². The van der Waals surface area contributed by atoms with Crippen LogP contribution in [0, 0.1) is 0 Å². The Balaban J connectivity index is 1.82. The van der Waals surface area contributed by atoms with E-state index < -0.39 is 0 Å². The van der Waals surface area contributed by atoms with Gasteiger partial charge in [-0.25, -0.2) is 0 Å². The number of carbonyl (C=O) groups is 1. The third-order valence-corrected chi connectivity index (χ3v) is 3.45. The number of hydrogen-bond donors (Lipinski definition) is 1. The van der Waals surface area contributed by atoms with E-state index in [0.29, 0.717) is 18.7 Å². The molecule has 3 nitrogen and oxygen atoms in total. The molecule has 17 heavy (non-hydrogen) atoms. The van der Waals surface area contributed by atoms with Crippen LogP contribution in [0.15, 0.2) is 28.7 Å². The summed E-state index contributed by atoms with van der Waals surface area (Å²) in [5.41, 5.74) is 1.09. The van der Waals surface area contributed by atoms with Gasteiger partial charge in [0.1, 0.15) is 0 Å². The number of Topliss-reactive ketones (excluding diaryl/α,β-unsaturated/α-hetero) is 1. The van der Waals surface area contributed by atoms with Crippen LogP contribution in [0.25, 0.3) is 0 Å². The SMILES string of the molecule is O=C(Cc1ccc(Br)cc1)CN1CCNCC1. The van der Waals surface area contributed by atoms with Crippen molar-refractivity contribution in [1.82, 2.24) is 10.2 Å². The Morgan fingerprint density at radius 2 is 1.88 bits per heavy atom. The Kier molecular flexibility index (Phi) is 4.71. The molecule has 0 bridgehead atoms. The third-order valence-electron chi connectivity index (χ3n) is 2.92. The average Bonchev–Trinajstić information content (AvgIpc) is 2.33. The van der Waals surface area contributed by atoms with Crippen molar-refractivity contribution in [2.45, 2.75) is 6.42 Å². The van der Waals surface area contributed by atoms with Gasteiger partial charge in [0.05, 0.1) is 6.54 Å². The second kappa shape index (κ2) is 6.28. The molecular formula is C13H17BrN2O. The predicted octanol–water partition coefficient (Wildman–Crippen LogP) is 1.47. The maximum Gasteiger partial charge on any atom is 0.151 e. The van der Waals surface area contributed by atoms with Crippen LogP contribution in [-0.2, 0) is 11.2 Å². The van der Waals surface area contributed by atoms with Gasteiger partial charge >= 0.3 is 0 Å². The van der Waals surface area contributed by atoms with E-state index in [-0.39, 0.29) is 0 Å². The molecule has 0 atom stereocenters. The molecule has 1 saturated heterocycles. The Morgan fingerprint density at radius 1 is 1.24 bits per heavy atom. The zero-order valence-corrected chi connectivity index (χ0v) is 11.4. The number of halogens is 1. The molecule has 1 aromatic rings. The van der Waals surface area contributed by atoms with Crippen LogP contribution in [0.2, 0.25) is 0 Å². The summed E-state index contributed by atoms with van der Waals surface area (Å²) in [6.45, 7) is 4.52. The molecular weight excluding hydrogens is 280 g/mol. The molecule has 1 aliphatic rings. The third kappa shape index (κ3) is 4.22. The van der Waals surface area contributed by atoms with E-state index in [1.54, 1.807) is 0 Å². The number of ketones is 1. The maximum absolute atomic E-state index is 11.9. The maximum atomic E-state index is 11.9. The van der Waals surface area contributed by atoms with Gasteiger partial charge in [0.15, 0.2) is 5.78 Å². The van der Waals surface area contributed by atoms with E-state index in [9.17, 15) is 4.79 Å². The van der Waals surface area contributed by atoms with E-state index >= 15 is 0 Å². The van der Waals surface area contributed by atoms with E-state index in [1.807, 2.05) is 24.3 Å². The monoisotopic (exact) mass is 296 g/mol. The minimum Gasteiger partial charge on any atom is -0.314 e. The second-order valence-corrected chi connectivity index (χ2v) is 5.28. The summed E-state index contributed by atoms with van der Waals surface area (Å²) >= 11 is 3.39. The smallest absolute Gasteiger partial charge is 0.151 e. The van der Waals surface area contributed by atoms with Crippen LogP contribution in [-0.4, -0.2) is 43.4 Å². The van der Waals surface area contributed by atoms with Gasteiger partial charge in [-0.2, -0.15) is 0 Å². The zero-order valence-electron chi connectivity index (χ0n) is 9.79. The van der Waals surface area contributed by atoms with E-state index in [2.05, 4.69) is 26.1 Å². The Morgan fingerprint density at radius 3 is 2.53 bits per heavy atom. The fraction of sp³-hybridized carbons (Fsp3) is 0.462. The minimum absolute atomic E-state index is 0.300. The van der Waals surface area contributed by atoms with Gasteiger partial charge in [-0.1, -0.05) is 28.1 Å². The molecule has 0 amide bonds. The van der Waals surface area contributed by atoms with Crippen LogP contribution in [0.1, 0.15) is 5.56 Å². The molecule has 1 heterocycles. The van der Waals surface area contributed by atoms with E-state index in [0.717, 1.165) is 36.2 Å². The second-order valence-electron chi connectivity index (χ2n) is 4.37. The standard InChI is InChI=1S/C13H17BrN2O/c14-12-3-1-11(2-4-12)9-13(17)10-16-7-5-15-6-8-16/h1-4,15H,5-10H2. The lowest BCUT2D eigenvalue weighted by atomic mass is 10.1. The summed E-state index contributed by atoms with van der Waals surface area (Å²) in [6, 6.07) is 7.96. The lowest BCUT2D eigenvalue weighted by molar-refractivity contribution is -0.119. The molecule has 1 N–H and O–H groups in total. The fourth-order valence-corrected chi connectivity index (χ4v) is 2.27. The molecule has 0 radical (unpaired) electrons. The summed E-state index contributed by atoms with van der Waals surface area (Å²) in [5.74, 6) is 0.300. The van der Waals surface area contributed by atoms with Gasteiger partial charge in [0.25, 0.3) is 0 Å². The quantitative estimate of drug-likeness (QED) is 0.913. The van der Waals surface area contributed by atoms with Gasteiger partial charge in [0, 0.05) is 37.1 Å². The molecule has 2 rings (SSSR count). The van der Waals surface area contributed by atoms with Crippen molar-refractivity contribution in [3.63, 3.8) is 0 Å². The topological polar surface area (TPSA) is 32.3 Å². The highest BCUT2D eigenvalue weighted by molar-refractivity contribution is 9.10. The summed E-state index contributed by atoms with van der Waals surface area (Å²) in [5, 5.41) is 3.29. The summed E-state index contributed by atoms with van der Waals surface area (Å²) in [4.78, 5) is 14.1. The number of rotatable bonds is 4. The molecule has 0 unspecified atom stereocenters. The first kappa shape index (κ1) is 12.7. The fourth-order valence-electron chi connectivity index (χ4n) is 2.00. The lowest BCUT2D eigenvalue weighted by Crippen LogP contribution is -2.45. The summed E-state index contributed by atoms with van der Waals surface area (Å²) in [7, 11) is 0. The largest absolute Gasteiger partial charge is 0.314 e. The molecule has 0 aliphatic carbocycles. The van der Waals surface area contributed by atoms with Crippen LogP contribution < -0.4 is 5.32 Å². The normalized spacial score (nSPS) is 17.0. The Labute approximate surface area is 110 Å². The van der Waals surface area contributed by atoms with Crippen molar-refractivity contribution in [2.24, 2.45) is 0 Å². The molecule has 0 saturated carbocycles. The van der Waals surface area contributed by atoms with Crippen molar-refractivity contribution >= 4 is 21.7 Å². The van der Waals surface area contributed by atoms with Gasteiger partial charge in [-0.15, -0.1) is 0 Å². The Hall–Kier alpha value is -0.710.